The third-order valence-corrected chi connectivity index (χ3v) is 5.80. The quantitative estimate of drug-likeness (QED) is 0.616. The van der Waals surface area contributed by atoms with Crippen molar-refractivity contribution in [2.45, 2.75) is 13.5 Å². The van der Waals surface area contributed by atoms with Gasteiger partial charge in [-0.15, -0.1) is 6.58 Å². The number of hydrogen-bond acceptors (Lipinski definition) is 4. The van der Waals surface area contributed by atoms with Crippen molar-refractivity contribution in [2.24, 2.45) is 4.99 Å². The first-order chi connectivity index (χ1) is 12.7. The first-order valence-electron chi connectivity index (χ1n) is 8.73. The molecule has 4 rings (SSSR count). The van der Waals surface area contributed by atoms with Crippen molar-refractivity contribution in [3.8, 4) is 0 Å². The lowest BCUT2D eigenvalue weighted by atomic mass is 10.1. The summed E-state index contributed by atoms with van der Waals surface area (Å²) in [5, 5.41) is 1.93. The lowest BCUT2D eigenvalue weighted by Crippen LogP contribution is -2.38. The topological polar surface area (TPSA) is 46.8 Å². The Labute approximate surface area is 157 Å². The summed E-state index contributed by atoms with van der Waals surface area (Å²) < 4.78 is 7.61. The van der Waals surface area contributed by atoms with E-state index in [9.17, 15) is 4.79 Å². The molecule has 0 radical (unpaired) electrons. The molecule has 1 aromatic heterocycles. The normalized spacial score (nSPS) is 19.4. The molecule has 2 aliphatic heterocycles. The van der Waals surface area contributed by atoms with E-state index < -0.39 is 0 Å². The number of allylic oxidation sites excluding steroid dienone is 1. The number of ether oxygens (including phenoxy) is 1. The number of rotatable bonds is 3. The van der Waals surface area contributed by atoms with E-state index in [-0.39, 0.29) is 5.91 Å². The molecule has 1 aromatic carbocycles. The molecule has 0 spiro atoms. The Morgan fingerprint density at radius 3 is 2.85 bits per heavy atom. The van der Waals surface area contributed by atoms with Crippen molar-refractivity contribution >= 4 is 39.8 Å². The van der Waals surface area contributed by atoms with Gasteiger partial charge >= 0.3 is 0 Å². The molecule has 0 unspecified atom stereocenters. The lowest BCUT2D eigenvalue weighted by molar-refractivity contribution is -0.113. The van der Waals surface area contributed by atoms with Gasteiger partial charge in [-0.3, -0.25) is 4.79 Å². The second kappa shape index (κ2) is 7.13. The van der Waals surface area contributed by atoms with E-state index in [2.05, 4.69) is 40.1 Å². The second-order valence-electron chi connectivity index (χ2n) is 6.33. The molecule has 2 aliphatic rings. The number of fused-ring (bicyclic) bond motifs is 1. The molecule has 0 N–H and O–H groups in total. The van der Waals surface area contributed by atoms with Gasteiger partial charge in [0.15, 0.2) is 5.17 Å². The molecular weight excluding hydrogens is 346 g/mol. The second-order valence-corrected chi connectivity index (χ2v) is 7.33. The van der Waals surface area contributed by atoms with Crippen molar-refractivity contribution in [3.63, 3.8) is 0 Å². The predicted molar refractivity (Wildman–Crippen MR) is 107 cm³/mol. The number of carbonyl (C=O) groups excluding carboxylic acids is 1. The van der Waals surface area contributed by atoms with Crippen LogP contribution in [-0.2, 0) is 16.1 Å². The fourth-order valence-electron chi connectivity index (χ4n) is 3.42. The third-order valence-electron chi connectivity index (χ3n) is 4.76. The molecule has 1 amide bonds. The molecule has 3 heterocycles. The van der Waals surface area contributed by atoms with Crippen molar-refractivity contribution in [2.75, 3.05) is 26.3 Å². The molecule has 1 fully saturated rings. The number of hydrogen-bond donors (Lipinski definition) is 0. The summed E-state index contributed by atoms with van der Waals surface area (Å²) in [7, 11) is 0. The van der Waals surface area contributed by atoms with Crippen LogP contribution in [0.2, 0.25) is 0 Å². The summed E-state index contributed by atoms with van der Waals surface area (Å²) in [6.45, 7) is 9.62. The average Bonchev–Trinajstić information content (AvgIpc) is 3.16. The van der Waals surface area contributed by atoms with Crippen molar-refractivity contribution in [3.05, 3.63) is 53.1 Å². The third kappa shape index (κ3) is 2.99. The standard InChI is InChI=1S/C20H21N3O2S/c1-3-8-23-14(2)16(15-6-4-5-7-17(15)23)13-18-19(24)21-20(26-18)22-9-11-25-12-10-22/h3-7,13H,1,8-12H2,2H3/b18-13+. The Balaban J connectivity index is 1.70. The Morgan fingerprint density at radius 2 is 2.08 bits per heavy atom. The minimum absolute atomic E-state index is 0.156. The van der Waals surface area contributed by atoms with Crippen molar-refractivity contribution in [1.82, 2.24) is 9.47 Å². The van der Waals surface area contributed by atoms with Gasteiger partial charge in [0.05, 0.1) is 18.1 Å². The summed E-state index contributed by atoms with van der Waals surface area (Å²) in [6, 6.07) is 8.27. The summed E-state index contributed by atoms with van der Waals surface area (Å²) in [5.74, 6) is -0.156. The van der Waals surface area contributed by atoms with Gasteiger partial charge < -0.3 is 14.2 Å². The van der Waals surface area contributed by atoms with E-state index in [0.29, 0.717) is 18.1 Å². The summed E-state index contributed by atoms with van der Waals surface area (Å²) in [6.07, 6.45) is 3.88. The molecule has 5 nitrogen and oxygen atoms in total. The van der Waals surface area contributed by atoms with E-state index in [1.807, 2.05) is 24.3 Å². The van der Waals surface area contributed by atoms with Crippen LogP contribution in [-0.4, -0.2) is 46.8 Å². The number of para-hydroxylation sites is 1. The van der Waals surface area contributed by atoms with Crippen LogP contribution in [0.3, 0.4) is 0 Å². The van der Waals surface area contributed by atoms with E-state index >= 15 is 0 Å². The van der Waals surface area contributed by atoms with Crippen LogP contribution in [0, 0.1) is 6.92 Å². The van der Waals surface area contributed by atoms with Crippen LogP contribution in [0.5, 0.6) is 0 Å². The summed E-state index contributed by atoms with van der Waals surface area (Å²) in [5.41, 5.74) is 3.37. The van der Waals surface area contributed by atoms with Gasteiger partial charge in [0, 0.05) is 41.8 Å². The number of aromatic nitrogens is 1. The molecule has 134 valence electrons. The van der Waals surface area contributed by atoms with Crippen molar-refractivity contribution < 1.29 is 9.53 Å². The number of benzene rings is 1. The minimum atomic E-state index is -0.156. The number of nitrogens with zero attached hydrogens (tertiary/aromatic N) is 3. The zero-order valence-electron chi connectivity index (χ0n) is 14.8. The fourth-order valence-corrected chi connectivity index (χ4v) is 4.37. The number of thioether (sulfide) groups is 1. The number of amides is 1. The molecule has 2 aromatic rings. The smallest absolute Gasteiger partial charge is 0.286 e. The lowest BCUT2D eigenvalue weighted by Gasteiger charge is -2.27. The maximum atomic E-state index is 12.5. The number of carbonyl (C=O) groups is 1. The molecule has 0 atom stereocenters. The largest absolute Gasteiger partial charge is 0.378 e. The summed E-state index contributed by atoms with van der Waals surface area (Å²) in [4.78, 5) is 19.5. The van der Waals surface area contributed by atoms with E-state index in [1.165, 1.54) is 11.8 Å². The Hall–Kier alpha value is -2.31. The first-order valence-corrected chi connectivity index (χ1v) is 9.54. The summed E-state index contributed by atoms with van der Waals surface area (Å²) >= 11 is 1.46. The number of aliphatic imine (C=N–C) groups is 1. The highest BCUT2D eigenvalue weighted by molar-refractivity contribution is 8.18. The Morgan fingerprint density at radius 1 is 1.31 bits per heavy atom. The first kappa shape index (κ1) is 17.1. The molecule has 0 aliphatic carbocycles. The van der Waals surface area contributed by atoms with Crippen LogP contribution in [0.4, 0.5) is 0 Å². The van der Waals surface area contributed by atoms with Crippen LogP contribution in [0.25, 0.3) is 17.0 Å². The van der Waals surface area contributed by atoms with Gasteiger partial charge in [-0.2, -0.15) is 4.99 Å². The van der Waals surface area contributed by atoms with Gasteiger partial charge in [0.1, 0.15) is 0 Å². The number of amidine groups is 1. The molecule has 0 bridgehead atoms. The van der Waals surface area contributed by atoms with Gasteiger partial charge in [-0.1, -0.05) is 24.3 Å². The van der Waals surface area contributed by atoms with Gasteiger partial charge in [0.2, 0.25) is 0 Å². The molecule has 26 heavy (non-hydrogen) atoms. The fraction of sp³-hybridized carbons (Fsp3) is 0.300. The minimum Gasteiger partial charge on any atom is -0.378 e. The maximum absolute atomic E-state index is 12.5. The molecular formula is C20H21N3O2S. The molecule has 0 saturated carbocycles. The van der Waals surface area contributed by atoms with Crippen LogP contribution in [0.1, 0.15) is 11.3 Å². The SMILES string of the molecule is C=CCn1c(C)c(/C=C2/SC(N3CCOCC3)=NC2=O)c2ccccc21. The predicted octanol–water partition coefficient (Wildman–Crippen LogP) is 3.44. The van der Waals surface area contributed by atoms with Gasteiger partial charge in [0.25, 0.3) is 5.91 Å². The molecule has 1 saturated heterocycles. The van der Waals surface area contributed by atoms with Gasteiger partial charge in [-0.25, -0.2) is 0 Å². The monoisotopic (exact) mass is 367 g/mol. The highest BCUT2D eigenvalue weighted by Crippen LogP contribution is 2.34. The Bertz CT molecular complexity index is 936. The van der Waals surface area contributed by atoms with Crippen LogP contribution >= 0.6 is 11.8 Å². The van der Waals surface area contributed by atoms with E-state index in [4.69, 9.17) is 4.74 Å². The number of morpholine rings is 1. The van der Waals surface area contributed by atoms with Crippen LogP contribution in [0.15, 0.2) is 46.8 Å². The van der Waals surface area contributed by atoms with Crippen molar-refractivity contribution in [1.29, 1.82) is 0 Å². The Kier molecular flexibility index (Phi) is 4.70. The molecule has 6 heteroatoms. The van der Waals surface area contributed by atoms with E-state index in [0.717, 1.165) is 47.0 Å². The highest BCUT2D eigenvalue weighted by atomic mass is 32.2. The zero-order chi connectivity index (χ0) is 18.1. The zero-order valence-corrected chi connectivity index (χ0v) is 15.6. The maximum Gasteiger partial charge on any atom is 0.286 e. The average molecular weight is 367 g/mol. The highest BCUT2D eigenvalue weighted by Gasteiger charge is 2.27. The van der Waals surface area contributed by atoms with Crippen LogP contribution < -0.4 is 0 Å². The van der Waals surface area contributed by atoms with Gasteiger partial charge in [-0.05, 0) is 30.8 Å². The van der Waals surface area contributed by atoms with E-state index in [1.54, 1.807) is 0 Å².